The van der Waals surface area contributed by atoms with Crippen molar-refractivity contribution in [3.63, 3.8) is 0 Å². The second-order valence-electron chi connectivity index (χ2n) is 11.8. The Labute approximate surface area is 234 Å². The number of halogens is 1. The number of fused-ring (bicyclic) bond motifs is 2. The van der Waals surface area contributed by atoms with E-state index in [0.717, 1.165) is 57.7 Å². The van der Waals surface area contributed by atoms with Crippen LogP contribution in [-0.2, 0) is 0 Å². The van der Waals surface area contributed by atoms with Crippen molar-refractivity contribution in [1.29, 1.82) is 0 Å². The summed E-state index contributed by atoms with van der Waals surface area (Å²) in [5, 5.41) is 9.02. The topological polar surface area (TPSA) is 54.2 Å². The Morgan fingerprint density at radius 1 is 0.872 bits per heavy atom. The molecule has 198 valence electrons. The summed E-state index contributed by atoms with van der Waals surface area (Å²) < 4.78 is 2.26. The minimum atomic E-state index is 0.000756. The molecule has 0 unspecified atom stereocenters. The van der Waals surface area contributed by atoms with Gasteiger partial charge in [-0.25, -0.2) is 4.98 Å². The predicted octanol–water partition coefficient (Wildman–Crippen LogP) is 7.74. The fourth-order valence-electron chi connectivity index (χ4n) is 6.16. The highest BCUT2D eigenvalue weighted by atomic mass is 35.5. The lowest BCUT2D eigenvalue weighted by Gasteiger charge is -2.45. The number of piperidine rings is 1. The molecule has 0 bridgehead atoms. The van der Waals surface area contributed by atoms with Gasteiger partial charge in [0.2, 0.25) is 0 Å². The van der Waals surface area contributed by atoms with E-state index in [1.165, 1.54) is 0 Å². The highest BCUT2D eigenvalue weighted by Gasteiger charge is 2.37. The summed E-state index contributed by atoms with van der Waals surface area (Å²) in [6.45, 7) is 9.07. The Hall–Kier alpha value is -3.67. The van der Waals surface area contributed by atoms with E-state index in [4.69, 9.17) is 21.6 Å². The second kappa shape index (κ2) is 9.82. The highest BCUT2D eigenvalue weighted by Crippen LogP contribution is 2.33. The molecule has 1 fully saturated rings. The molecule has 0 saturated carbocycles. The molecule has 0 atom stereocenters. The number of benzene rings is 4. The van der Waals surface area contributed by atoms with Crippen LogP contribution in [0.4, 0.5) is 11.4 Å². The first-order valence-electron chi connectivity index (χ1n) is 13.5. The number of para-hydroxylation sites is 2. The number of hydrogen-bond donors (Lipinski definition) is 2. The van der Waals surface area contributed by atoms with Crippen LogP contribution in [0.5, 0.6) is 0 Å². The number of nitrogens with one attached hydrogen (secondary N) is 2. The van der Waals surface area contributed by atoms with Crippen molar-refractivity contribution in [2.45, 2.75) is 57.7 Å². The van der Waals surface area contributed by atoms with Crippen molar-refractivity contribution in [3.8, 4) is 17.1 Å². The number of rotatable bonds is 4. The standard InChI is InChI=1S/C33H34ClN5/c1-32(2)20-24(21-33(3,4)38-32)36-27-19-31-29(18-26(27)35-23-11-7-5-8-12-23)37-28-17-22(34)15-16-30(28)39(31)25-13-9-6-10-14-25/h5-19,24,35,38H,20-21H2,1-4H3. The van der Waals surface area contributed by atoms with Crippen molar-refractivity contribution >= 4 is 34.0 Å². The van der Waals surface area contributed by atoms with Crippen LogP contribution >= 0.6 is 11.6 Å². The van der Waals surface area contributed by atoms with Gasteiger partial charge in [-0.15, -0.1) is 0 Å². The highest BCUT2D eigenvalue weighted by molar-refractivity contribution is 6.31. The van der Waals surface area contributed by atoms with Gasteiger partial charge in [0.05, 0.1) is 39.5 Å². The lowest BCUT2D eigenvalue weighted by Crippen LogP contribution is -2.59. The molecule has 0 amide bonds. The Morgan fingerprint density at radius 2 is 1.54 bits per heavy atom. The molecule has 6 heteroatoms. The normalized spacial score (nSPS) is 17.5. The smallest absolute Gasteiger partial charge is 0.0900 e. The van der Waals surface area contributed by atoms with Crippen LogP contribution in [-0.4, -0.2) is 26.7 Å². The maximum Gasteiger partial charge on any atom is 0.0900 e. The van der Waals surface area contributed by atoms with Crippen LogP contribution < -0.4 is 16.0 Å². The molecule has 0 radical (unpaired) electrons. The molecule has 0 spiro atoms. The predicted molar refractivity (Wildman–Crippen MR) is 162 cm³/mol. The second-order valence-corrected chi connectivity index (χ2v) is 12.3. The minimum Gasteiger partial charge on any atom is -0.354 e. The molecule has 6 rings (SSSR count). The van der Waals surface area contributed by atoms with Gasteiger partial charge in [-0.05, 0) is 95.1 Å². The third kappa shape index (κ3) is 5.42. The maximum atomic E-state index is 6.40. The molecule has 3 aromatic carbocycles. The Balaban J connectivity index is 1.63. The van der Waals surface area contributed by atoms with E-state index in [2.05, 4.69) is 91.4 Å². The zero-order chi connectivity index (χ0) is 27.2. The monoisotopic (exact) mass is 535 g/mol. The van der Waals surface area contributed by atoms with Gasteiger partial charge in [-0.2, -0.15) is 0 Å². The van der Waals surface area contributed by atoms with Crippen LogP contribution in [0.1, 0.15) is 40.5 Å². The van der Waals surface area contributed by atoms with Gasteiger partial charge in [0, 0.05) is 27.5 Å². The van der Waals surface area contributed by atoms with Gasteiger partial charge in [0.15, 0.2) is 0 Å². The summed E-state index contributed by atoms with van der Waals surface area (Å²) in [6.07, 6.45) is 1.93. The SMILES string of the molecule is CC1(C)CC(N=c2cc3n(-c4ccccc4)c4ccc(Cl)cc4nc-3cc2Nc2ccccc2)CC(C)(C)N1. The largest absolute Gasteiger partial charge is 0.354 e. The first kappa shape index (κ1) is 25.6. The van der Waals surface area contributed by atoms with Crippen LogP contribution in [0.3, 0.4) is 0 Å². The van der Waals surface area contributed by atoms with E-state index in [9.17, 15) is 0 Å². The van der Waals surface area contributed by atoms with Crippen molar-refractivity contribution in [2.24, 2.45) is 4.99 Å². The Bertz CT molecular complexity index is 1660. The molecule has 5 nitrogen and oxygen atoms in total. The molecule has 0 aromatic heterocycles. The summed E-state index contributed by atoms with van der Waals surface area (Å²) in [6, 6.07) is 31.0. The third-order valence-corrected chi connectivity index (χ3v) is 7.55. The minimum absolute atomic E-state index is 0.000756. The van der Waals surface area contributed by atoms with E-state index in [0.29, 0.717) is 5.02 Å². The van der Waals surface area contributed by atoms with Crippen molar-refractivity contribution < 1.29 is 0 Å². The molecule has 2 aliphatic heterocycles. The Morgan fingerprint density at radius 3 is 2.23 bits per heavy atom. The molecule has 2 N–H and O–H groups in total. The van der Waals surface area contributed by atoms with Crippen LogP contribution in [0.2, 0.25) is 5.02 Å². The third-order valence-electron chi connectivity index (χ3n) is 7.31. The molecular formula is C33H34ClN5. The van der Waals surface area contributed by atoms with Crippen molar-refractivity contribution in [2.75, 3.05) is 5.32 Å². The molecular weight excluding hydrogens is 502 g/mol. The summed E-state index contributed by atoms with van der Waals surface area (Å²) >= 11 is 6.40. The van der Waals surface area contributed by atoms with Crippen LogP contribution in [0.15, 0.2) is 96.0 Å². The summed E-state index contributed by atoms with van der Waals surface area (Å²) in [7, 11) is 0. The van der Waals surface area contributed by atoms with E-state index in [1.807, 2.05) is 42.5 Å². The molecule has 39 heavy (non-hydrogen) atoms. The zero-order valence-corrected chi connectivity index (χ0v) is 23.6. The van der Waals surface area contributed by atoms with Crippen molar-refractivity contribution in [1.82, 2.24) is 14.9 Å². The molecule has 1 aliphatic carbocycles. The summed E-state index contributed by atoms with van der Waals surface area (Å²) in [4.78, 5) is 10.5. The van der Waals surface area contributed by atoms with Crippen LogP contribution in [0, 0.1) is 0 Å². The summed E-state index contributed by atoms with van der Waals surface area (Å²) in [5.74, 6) is 0. The fourth-order valence-corrected chi connectivity index (χ4v) is 6.33. The van der Waals surface area contributed by atoms with Gasteiger partial charge < -0.3 is 15.2 Å². The number of nitrogens with zero attached hydrogens (tertiary/aromatic N) is 3. The molecule has 3 aromatic rings. The number of aromatic nitrogens is 2. The van der Waals surface area contributed by atoms with Crippen molar-refractivity contribution in [3.05, 3.63) is 101 Å². The molecule has 1 saturated heterocycles. The average Bonchev–Trinajstić information content (AvgIpc) is 2.87. The van der Waals surface area contributed by atoms with Gasteiger partial charge in [-0.1, -0.05) is 48.0 Å². The van der Waals surface area contributed by atoms with Gasteiger partial charge in [0.1, 0.15) is 0 Å². The fraction of sp³-hybridized carbons (Fsp3) is 0.273. The van der Waals surface area contributed by atoms with Gasteiger partial charge >= 0.3 is 0 Å². The van der Waals surface area contributed by atoms with Gasteiger partial charge in [0.25, 0.3) is 0 Å². The number of anilines is 2. The van der Waals surface area contributed by atoms with E-state index < -0.39 is 0 Å². The summed E-state index contributed by atoms with van der Waals surface area (Å²) in [5.41, 5.74) is 6.74. The van der Waals surface area contributed by atoms with Gasteiger partial charge in [-0.3, -0.25) is 4.99 Å². The Kier molecular flexibility index (Phi) is 6.44. The first-order valence-corrected chi connectivity index (χ1v) is 13.9. The zero-order valence-electron chi connectivity index (χ0n) is 22.9. The van der Waals surface area contributed by atoms with E-state index >= 15 is 0 Å². The molecule has 2 heterocycles. The number of hydrogen-bond acceptors (Lipinski definition) is 4. The maximum absolute atomic E-state index is 6.40. The van der Waals surface area contributed by atoms with Crippen LogP contribution in [0.25, 0.3) is 28.1 Å². The first-order chi connectivity index (χ1) is 18.7. The lowest BCUT2D eigenvalue weighted by molar-refractivity contribution is 0.163. The quantitative estimate of drug-likeness (QED) is 0.231. The van der Waals surface area contributed by atoms with E-state index in [1.54, 1.807) is 0 Å². The lowest BCUT2D eigenvalue weighted by atomic mass is 9.80. The van der Waals surface area contributed by atoms with E-state index in [-0.39, 0.29) is 17.1 Å². The average molecular weight is 536 g/mol. The molecule has 3 aliphatic rings.